The lowest BCUT2D eigenvalue weighted by atomic mass is 9.93. The number of amides is 6. The number of carbonyl (C=O) groups is 6. The van der Waals surface area contributed by atoms with Gasteiger partial charge < -0.3 is 16.0 Å². The van der Waals surface area contributed by atoms with Crippen LogP contribution in [0.3, 0.4) is 0 Å². The summed E-state index contributed by atoms with van der Waals surface area (Å²) in [5.74, 6) is -3.42. The molecular weight excluding hydrogens is 656 g/mol. The number of nitro benzene ring substituents is 1. The Kier molecular flexibility index (Phi) is 8.28. The highest BCUT2D eigenvalue weighted by Crippen LogP contribution is 2.35. The van der Waals surface area contributed by atoms with Crippen LogP contribution in [-0.4, -0.2) is 78.5 Å². The molecule has 5 aromatic carbocycles. The average molecular weight is 685 g/mol. The summed E-state index contributed by atoms with van der Waals surface area (Å²) >= 11 is 0. The Labute approximate surface area is 289 Å². The van der Waals surface area contributed by atoms with Gasteiger partial charge in [-0.3, -0.25) is 43.8 Å². The molecule has 5 aromatic rings. The highest BCUT2D eigenvalue weighted by atomic mass is 16.6. The van der Waals surface area contributed by atoms with E-state index in [0.717, 1.165) is 15.2 Å². The van der Waals surface area contributed by atoms with Crippen LogP contribution in [-0.2, 0) is 0 Å². The van der Waals surface area contributed by atoms with Crippen molar-refractivity contribution in [2.24, 2.45) is 0 Å². The van der Waals surface area contributed by atoms with Crippen LogP contribution in [0.4, 0.5) is 11.4 Å². The van der Waals surface area contributed by atoms with E-state index in [-0.39, 0.29) is 59.8 Å². The van der Waals surface area contributed by atoms with Crippen molar-refractivity contribution in [3.63, 3.8) is 0 Å². The highest BCUT2D eigenvalue weighted by Gasteiger charge is 2.36. The number of hydrogen-bond donors (Lipinski definition) is 3. The molecule has 2 aliphatic rings. The van der Waals surface area contributed by atoms with Crippen molar-refractivity contribution >= 4 is 68.4 Å². The van der Waals surface area contributed by atoms with Crippen molar-refractivity contribution in [1.82, 2.24) is 20.9 Å². The Morgan fingerprint density at radius 3 is 1.86 bits per heavy atom. The average Bonchev–Trinajstić information content (AvgIpc) is 3.14. The number of nitrogens with zero attached hydrogens (tertiary/aromatic N) is 3. The standard InChI is InChI=1S/C37H28N6O8/c1-38-32(44)22-15-23(18-24(17-22)42-36(48)27-9-2-5-20-6-3-10-28(30(20)27)37(42)49)33(45)40-12-11-39-13-14-41-34(46)26-8-4-7-21-16-25(43(50)51)19-29(31(21)26)35(41)47/h2-10,15-19,39H,11-14H2,1H3,(H,38,44)(H,40,45). The maximum atomic E-state index is 13.6. The predicted octanol–water partition coefficient (Wildman–Crippen LogP) is 3.68. The van der Waals surface area contributed by atoms with Gasteiger partial charge in [0.05, 0.1) is 16.2 Å². The number of nitro groups is 1. The molecular formula is C37H28N6O8. The first kappa shape index (κ1) is 32.7. The predicted molar refractivity (Wildman–Crippen MR) is 186 cm³/mol. The molecule has 3 N–H and O–H groups in total. The largest absolute Gasteiger partial charge is 0.355 e. The third-order valence-corrected chi connectivity index (χ3v) is 8.92. The summed E-state index contributed by atoms with van der Waals surface area (Å²) in [5, 5.41) is 21.8. The number of anilines is 1. The molecule has 0 saturated heterocycles. The molecule has 0 spiro atoms. The van der Waals surface area contributed by atoms with Crippen LogP contribution in [0.25, 0.3) is 21.5 Å². The van der Waals surface area contributed by atoms with Gasteiger partial charge in [0.15, 0.2) is 0 Å². The van der Waals surface area contributed by atoms with E-state index in [4.69, 9.17) is 0 Å². The number of imide groups is 2. The van der Waals surface area contributed by atoms with Crippen LogP contribution in [0.2, 0.25) is 0 Å². The molecule has 254 valence electrons. The van der Waals surface area contributed by atoms with Gasteiger partial charge in [-0.15, -0.1) is 0 Å². The van der Waals surface area contributed by atoms with E-state index in [0.29, 0.717) is 27.3 Å². The quantitative estimate of drug-likeness (QED) is 0.0854. The van der Waals surface area contributed by atoms with E-state index in [1.807, 2.05) is 12.1 Å². The van der Waals surface area contributed by atoms with Gasteiger partial charge in [0.25, 0.3) is 41.1 Å². The van der Waals surface area contributed by atoms with Gasteiger partial charge in [0.1, 0.15) is 0 Å². The Hall–Kier alpha value is -6.80. The van der Waals surface area contributed by atoms with E-state index in [9.17, 15) is 38.9 Å². The molecule has 0 aromatic heterocycles. The summed E-state index contributed by atoms with van der Waals surface area (Å²) in [6.07, 6.45) is 0. The van der Waals surface area contributed by atoms with E-state index in [1.54, 1.807) is 42.5 Å². The molecule has 0 atom stereocenters. The first-order valence-corrected chi connectivity index (χ1v) is 15.9. The van der Waals surface area contributed by atoms with E-state index < -0.39 is 40.4 Å². The maximum absolute atomic E-state index is 13.6. The molecule has 51 heavy (non-hydrogen) atoms. The SMILES string of the molecule is CNC(=O)c1cc(C(=O)NCCNCCN2C(=O)c3cccc4cc([N+](=O)[O-])cc(c34)C2=O)cc(N2C(=O)c3cccc4cccc(c34)C2=O)c1. The second-order valence-electron chi connectivity index (χ2n) is 11.9. The van der Waals surface area contributed by atoms with Crippen molar-refractivity contribution in [2.45, 2.75) is 0 Å². The van der Waals surface area contributed by atoms with Gasteiger partial charge >= 0.3 is 0 Å². The summed E-state index contributed by atoms with van der Waals surface area (Å²) in [5.41, 5.74) is 0.896. The van der Waals surface area contributed by atoms with Gasteiger partial charge in [-0.2, -0.15) is 0 Å². The van der Waals surface area contributed by atoms with Crippen molar-refractivity contribution in [1.29, 1.82) is 0 Å². The summed E-state index contributed by atoms with van der Waals surface area (Å²) in [7, 11) is 1.42. The minimum Gasteiger partial charge on any atom is -0.355 e. The van der Waals surface area contributed by atoms with Crippen molar-refractivity contribution < 1.29 is 33.7 Å². The zero-order chi connectivity index (χ0) is 36.0. The molecule has 0 fully saturated rings. The fourth-order valence-corrected chi connectivity index (χ4v) is 6.54. The molecule has 0 aliphatic carbocycles. The molecule has 6 amide bonds. The normalized spacial score (nSPS) is 13.6. The first-order valence-electron chi connectivity index (χ1n) is 15.9. The second kappa shape index (κ2) is 12.9. The summed E-state index contributed by atoms with van der Waals surface area (Å²) in [4.78, 5) is 92.6. The van der Waals surface area contributed by atoms with Crippen LogP contribution in [0.5, 0.6) is 0 Å². The second-order valence-corrected chi connectivity index (χ2v) is 11.9. The Bertz CT molecular complexity index is 2340. The smallest absolute Gasteiger partial charge is 0.270 e. The minimum atomic E-state index is -0.639. The van der Waals surface area contributed by atoms with Gasteiger partial charge in [-0.25, -0.2) is 4.90 Å². The zero-order valence-corrected chi connectivity index (χ0v) is 27.0. The van der Waals surface area contributed by atoms with Crippen molar-refractivity contribution in [2.75, 3.05) is 38.1 Å². The van der Waals surface area contributed by atoms with Gasteiger partial charge in [-0.1, -0.05) is 36.4 Å². The number of carbonyl (C=O) groups excluding carboxylic acids is 6. The van der Waals surface area contributed by atoms with E-state index in [1.165, 1.54) is 37.4 Å². The van der Waals surface area contributed by atoms with Gasteiger partial charge in [0, 0.05) is 83.9 Å². The Balaban J connectivity index is 1.02. The summed E-state index contributed by atoms with van der Waals surface area (Å²) < 4.78 is 0. The third-order valence-electron chi connectivity index (χ3n) is 8.92. The maximum Gasteiger partial charge on any atom is 0.270 e. The number of non-ortho nitro benzene ring substituents is 1. The van der Waals surface area contributed by atoms with E-state index in [2.05, 4.69) is 16.0 Å². The monoisotopic (exact) mass is 684 g/mol. The molecule has 0 radical (unpaired) electrons. The number of rotatable bonds is 10. The minimum absolute atomic E-state index is 0.0313. The van der Waals surface area contributed by atoms with E-state index >= 15 is 0 Å². The Morgan fingerprint density at radius 1 is 0.667 bits per heavy atom. The molecule has 0 bridgehead atoms. The van der Waals surface area contributed by atoms with Crippen molar-refractivity contribution in [3.05, 3.63) is 128 Å². The fraction of sp³-hybridized carbons (Fsp3) is 0.135. The third kappa shape index (κ3) is 5.62. The number of benzene rings is 5. The van der Waals surface area contributed by atoms with Crippen LogP contribution < -0.4 is 20.9 Å². The molecule has 0 saturated carbocycles. The first-order chi connectivity index (χ1) is 24.6. The van der Waals surface area contributed by atoms with Crippen LogP contribution in [0, 0.1) is 10.1 Å². The molecule has 0 unspecified atom stereocenters. The number of hydrogen-bond acceptors (Lipinski definition) is 9. The highest BCUT2D eigenvalue weighted by molar-refractivity contribution is 6.36. The van der Waals surface area contributed by atoms with Crippen LogP contribution >= 0.6 is 0 Å². The van der Waals surface area contributed by atoms with Crippen LogP contribution in [0.15, 0.2) is 84.9 Å². The van der Waals surface area contributed by atoms with Gasteiger partial charge in [-0.05, 0) is 47.2 Å². The fourth-order valence-electron chi connectivity index (χ4n) is 6.54. The molecule has 7 rings (SSSR count). The lowest BCUT2D eigenvalue weighted by Gasteiger charge is -2.28. The lowest BCUT2D eigenvalue weighted by Crippen LogP contribution is -2.44. The zero-order valence-electron chi connectivity index (χ0n) is 27.0. The lowest BCUT2D eigenvalue weighted by molar-refractivity contribution is -0.384. The topological polar surface area (TPSA) is 188 Å². The number of nitrogens with one attached hydrogen (secondary N) is 3. The molecule has 14 heteroatoms. The Morgan fingerprint density at radius 2 is 1.24 bits per heavy atom. The molecule has 2 aliphatic heterocycles. The van der Waals surface area contributed by atoms with Gasteiger partial charge in [0.2, 0.25) is 0 Å². The summed E-state index contributed by atoms with van der Waals surface area (Å²) in [6, 6.07) is 21.7. The van der Waals surface area contributed by atoms with Crippen LogP contribution in [0.1, 0.15) is 62.1 Å². The molecule has 14 nitrogen and oxygen atoms in total. The molecule has 2 heterocycles. The van der Waals surface area contributed by atoms with Crippen molar-refractivity contribution in [3.8, 4) is 0 Å². The summed E-state index contributed by atoms with van der Waals surface area (Å²) in [6.45, 7) is 0.463.